The van der Waals surface area contributed by atoms with Crippen molar-refractivity contribution in [2.75, 3.05) is 7.11 Å². The van der Waals surface area contributed by atoms with Crippen molar-refractivity contribution in [3.05, 3.63) is 33.5 Å². The Bertz CT molecular complexity index is 821. The van der Waals surface area contributed by atoms with E-state index in [4.69, 9.17) is 4.74 Å². The maximum atomic E-state index is 12.6. The number of amides is 1. The summed E-state index contributed by atoms with van der Waals surface area (Å²) in [6.45, 7) is 7.58. The standard InChI is InChI=1S/C19H24IN3O3/c1-6-16(18(24)23-19(3,4)11-22-25-5)26-15-7-12(2)17-13(9-15)8-14(20)10-21-17/h7-11,16H,6H2,1-5H3,(H,23,24)/b22-11+. The van der Waals surface area contributed by atoms with Crippen molar-refractivity contribution in [1.29, 1.82) is 0 Å². The van der Waals surface area contributed by atoms with Crippen LogP contribution in [0.1, 0.15) is 32.8 Å². The Balaban J connectivity index is 2.20. The first-order valence-corrected chi connectivity index (χ1v) is 9.46. The first-order valence-electron chi connectivity index (χ1n) is 8.38. The summed E-state index contributed by atoms with van der Waals surface area (Å²) in [4.78, 5) is 21.8. The summed E-state index contributed by atoms with van der Waals surface area (Å²) in [7, 11) is 1.46. The van der Waals surface area contributed by atoms with E-state index < -0.39 is 11.6 Å². The molecule has 7 heteroatoms. The Morgan fingerprint density at radius 1 is 1.42 bits per heavy atom. The van der Waals surface area contributed by atoms with Crippen LogP contribution in [0.2, 0.25) is 0 Å². The minimum absolute atomic E-state index is 0.196. The third kappa shape index (κ3) is 5.30. The third-order valence-electron chi connectivity index (χ3n) is 3.78. The van der Waals surface area contributed by atoms with Gasteiger partial charge in [-0.15, -0.1) is 0 Å². The van der Waals surface area contributed by atoms with Crippen LogP contribution >= 0.6 is 22.6 Å². The number of ether oxygens (including phenoxy) is 1. The molecule has 0 saturated heterocycles. The highest BCUT2D eigenvalue weighted by Gasteiger charge is 2.25. The minimum Gasteiger partial charge on any atom is -0.481 e. The van der Waals surface area contributed by atoms with Gasteiger partial charge < -0.3 is 14.9 Å². The van der Waals surface area contributed by atoms with Gasteiger partial charge in [-0.25, -0.2) is 0 Å². The van der Waals surface area contributed by atoms with Gasteiger partial charge in [-0.1, -0.05) is 12.1 Å². The first-order chi connectivity index (χ1) is 12.3. The number of aryl methyl sites for hydroxylation is 1. The zero-order chi connectivity index (χ0) is 19.3. The molecule has 0 bridgehead atoms. The Hall–Kier alpha value is -1.90. The number of aromatic nitrogens is 1. The lowest BCUT2D eigenvalue weighted by molar-refractivity contribution is -0.129. The van der Waals surface area contributed by atoms with Crippen LogP contribution in [0.4, 0.5) is 0 Å². The summed E-state index contributed by atoms with van der Waals surface area (Å²) in [5, 5.41) is 7.64. The molecule has 1 atom stereocenters. The van der Waals surface area contributed by atoms with E-state index in [1.165, 1.54) is 7.11 Å². The zero-order valence-corrected chi connectivity index (χ0v) is 17.8. The largest absolute Gasteiger partial charge is 0.481 e. The minimum atomic E-state index is -0.636. The Morgan fingerprint density at radius 2 is 2.15 bits per heavy atom. The second-order valence-electron chi connectivity index (χ2n) is 6.61. The smallest absolute Gasteiger partial charge is 0.261 e. The van der Waals surface area contributed by atoms with E-state index >= 15 is 0 Å². The summed E-state index contributed by atoms with van der Waals surface area (Å²) in [6, 6.07) is 5.88. The van der Waals surface area contributed by atoms with Gasteiger partial charge in [-0.05, 0) is 73.5 Å². The number of pyridine rings is 1. The summed E-state index contributed by atoms with van der Waals surface area (Å²) >= 11 is 2.23. The molecule has 0 saturated carbocycles. The highest BCUT2D eigenvalue weighted by molar-refractivity contribution is 14.1. The number of fused-ring (bicyclic) bond motifs is 1. The fourth-order valence-electron chi connectivity index (χ4n) is 2.54. The molecule has 0 aliphatic carbocycles. The molecule has 1 aromatic carbocycles. The zero-order valence-electron chi connectivity index (χ0n) is 15.7. The summed E-state index contributed by atoms with van der Waals surface area (Å²) in [6.07, 6.45) is 3.33. The van der Waals surface area contributed by atoms with Crippen molar-refractivity contribution in [3.63, 3.8) is 0 Å². The van der Waals surface area contributed by atoms with Crippen molar-refractivity contribution in [2.45, 2.75) is 45.8 Å². The van der Waals surface area contributed by atoms with E-state index in [0.717, 1.165) is 20.0 Å². The molecular formula is C19H24IN3O3. The topological polar surface area (TPSA) is 72.8 Å². The molecule has 1 heterocycles. The van der Waals surface area contributed by atoms with Crippen molar-refractivity contribution in [2.24, 2.45) is 5.16 Å². The SMILES string of the molecule is CCC(Oc1cc(C)c2ncc(I)cc2c1)C(=O)NC(C)(C)/C=N/OC. The van der Waals surface area contributed by atoms with Gasteiger partial charge in [0.1, 0.15) is 12.9 Å². The van der Waals surface area contributed by atoms with Gasteiger partial charge in [-0.3, -0.25) is 9.78 Å². The molecule has 2 aromatic rings. The van der Waals surface area contributed by atoms with E-state index in [-0.39, 0.29) is 5.91 Å². The lowest BCUT2D eigenvalue weighted by Crippen LogP contribution is -2.50. The quantitative estimate of drug-likeness (QED) is 0.380. The van der Waals surface area contributed by atoms with E-state index in [2.05, 4.69) is 42.9 Å². The van der Waals surface area contributed by atoms with Crippen LogP contribution in [-0.4, -0.2) is 35.9 Å². The normalized spacial score (nSPS) is 13.0. The van der Waals surface area contributed by atoms with Crippen LogP contribution in [0.15, 0.2) is 29.6 Å². The van der Waals surface area contributed by atoms with Crippen molar-refractivity contribution in [3.8, 4) is 5.75 Å². The summed E-state index contributed by atoms with van der Waals surface area (Å²) in [5.41, 5.74) is 1.31. The van der Waals surface area contributed by atoms with Crippen LogP contribution in [0, 0.1) is 10.5 Å². The average Bonchev–Trinajstić information content (AvgIpc) is 2.57. The van der Waals surface area contributed by atoms with E-state index in [1.807, 2.05) is 52.1 Å². The maximum Gasteiger partial charge on any atom is 0.261 e. The molecule has 1 unspecified atom stereocenters. The molecule has 140 valence electrons. The predicted octanol–water partition coefficient (Wildman–Crippen LogP) is 3.83. The maximum absolute atomic E-state index is 12.6. The highest BCUT2D eigenvalue weighted by Crippen LogP contribution is 2.26. The number of hydrogen-bond donors (Lipinski definition) is 1. The third-order valence-corrected chi connectivity index (χ3v) is 4.37. The van der Waals surface area contributed by atoms with Crippen molar-refractivity contribution >= 4 is 45.6 Å². The van der Waals surface area contributed by atoms with E-state index in [0.29, 0.717) is 12.2 Å². The lowest BCUT2D eigenvalue weighted by atomic mass is 10.1. The number of nitrogens with one attached hydrogen (secondary N) is 1. The molecule has 0 aliphatic heterocycles. The average molecular weight is 469 g/mol. The van der Waals surface area contributed by atoms with Crippen LogP contribution in [0.5, 0.6) is 5.75 Å². The van der Waals surface area contributed by atoms with Gasteiger partial charge in [0, 0.05) is 15.2 Å². The van der Waals surface area contributed by atoms with Crippen molar-refractivity contribution in [1.82, 2.24) is 10.3 Å². The molecule has 0 spiro atoms. The van der Waals surface area contributed by atoms with Gasteiger partial charge in [0.15, 0.2) is 6.10 Å². The van der Waals surface area contributed by atoms with Crippen LogP contribution < -0.4 is 10.1 Å². The number of hydrogen-bond acceptors (Lipinski definition) is 5. The van der Waals surface area contributed by atoms with E-state index in [9.17, 15) is 4.79 Å². The van der Waals surface area contributed by atoms with E-state index in [1.54, 1.807) is 6.21 Å². The van der Waals surface area contributed by atoms with Gasteiger partial charge in [0.25, 0.3) is 5.91 Å². The molecule has 26 heavy (non-hydrogen) atoms. The number of benzene rings is 1. The Morgan fingerprint density at radius 3 is 2.81 bits per heavy atom. The predicted molar refractivity (Wildman–Crippen MR) is 112 cm³/mol. The molecule has 0 radical (unpaired) electrons. The second-order valence-corrected chi connectivity index (χ2v) is 7.85. The molecule has 1 aromatic heterocycles. The molecule has 0 aliphatic rings. The molecule has 1 amide bonds. The fraction of sp³-hybridized carbons (Fsp3) is 0.421. The number of carbonyl (C=O) groups excluding carboxylic acids is 1. The molecule has 1 N–H and O–H groups in total. The number of rotatable bonds is 7. The summed E-state index contributed by atoms with van der Waals surface area (Å²) < 4.78 is 7.04. The first kappa shape index (κ1) is 20.4. The number of halogens is 1. The van der Waals surface area contributed by atoms with Gasteiger partial charge >= 0.3 is 0 Å². The molecule has 0 fully saturated rings. The number of nitrogens with zero attached hydrogens (tertiary/aromatic N) is 2. The van der Waals surface area contributed by atoms with Gasteiger partial charge in [0.2, 0.25) is 0 Å². The number of oxime groups is 1. The molecule has 6 nitrogen and oxygen atoms in total. The molecular weight excluding hydrogens is 445 g/mol. The molecule has 2 rings (SSSR count). The fourth-order valence-corrected chi connectivity index (χ4v) is 3.02. The van der Waals surface area contributed by atoms with Gasteiger partial charge in [-0.2, -0.15) is 0 Å². The van der Waals surface area contributed by atoms with Crippen LogP contribution in [0.3, 0.4) is 0 Å². The lowest BCUT2D eigenvalue weighted by Gasteiger charge is -2.25. The van der Waals surface area contributed by atoms with Crippen LogP contribution in [0.25, 0.3) is 10.9 Å². The van der Waals surface area contributed by atoms with Crippen molar-refractivity contribution < 1.29 is 14.4 Å². The highest BCUT2D eigenvalue weighted by atomic mass is 127. The monoisotopic (exact) mass is 469 g/mol. The Kier molecular flexibility index (Phi) is 6.80. The second kappa shape index (κ2) is 8.66. The van der Waals surface area contributed by atoms with Gasteiger partial charge in [0.05, 0.1) is 17.3 Å². The number of carbonyl (C=O) groups is 1. The summed E-state index contributed by atoms with van der Waals surface area (Å²) in [5.74, 6) is 0.461. The van der Waals surface area contributed by atoms with Crippen LogP contribution in [-0.2, 0) is 9.63 Å². The Labute approximate surface area is 167 Å².